The zero-order chi connectivity index (χ0) is 19.9. The fourth-order valence-corrected chi connectivity index (χ4v) is 4.09. The van der Waals surface area contributed by atoms with Gasteiger partial charge in [-0.2, -0.15) is 10.2 Å². The Morgan fingerprint density at radius 2 is 2.04 bits per heavy atom. The van der Waals surface area contributed by atoms with Gasteiger partial charge in [-0.25, -0.2) is 22.6 Å². The molecule has 0 unspecified atom stereocenters. The summed E-state index contributed by atoms with van der Waals surface area (Å²) in [6.45, 7) is 2.00. The largest absolute Gasteiger partial charge is 0.461 e. The lowest BCUT2D eigenvalue weighted by Crippen LogP contribution is -2.18. The van der Waals surface area contributed by atoms with E-state index >= 15 is 0 Å². The van der Waals surface area contributed by atoms with Crippen LogP contribution in [0.2, 0.25) is 0 Å². The topological polar surface area (TPSA) is 119 Å². The number of benzene rings is 1. The zero-order valence-corrected chi connectivity index (χ0v) is 16.2. The summed E-state index contributed by atoms with van der Waals surface area (Å²) >= 11 is 0. The first-order valence-electron chi connectivity index (χ1n) is 8.82. The molecule has 4 rings (SSSR count). The first kappa shape index (κ1) is 18.4. The Bertz CT molecular complexity index is 1150. The molecule has 0 amide bonds. The SMILES string of the molecule is CCOC(=O)c1nn(-c2ccc(S(=O)(=O)NC)cc2)c2c1CCc1[nH]ncc1-2. The summed E-state index contributed by atoms with van der Waals surface area (Å²) in [4.78, 5) is 12.6. The van der Waals surface area contributed by atoms with Crippen molar-refractivity contribution >= 4 is 16.0 Å². The highest BCUT2D eigenvalue weighted by atomic mass is 32.2. The molecule has 0 saturated heterocycles. The van der Waals surface area contributed by atoms with Gasteiger partial charge >= 0.3 is 5.97 Å². The molecule has 10 heteroatoms. The molecular formula is C18H19N5O4S. The summed E-state index contributed by atoms with van der Waals surface area (Å²) in [5.74, 6) is -0.473. The van der Waals surface area contributed by atoms with Crippen molar-refractivity contribution in [2.75, 3.05) is 13.7 Å². The number of hydrogen-bond donors (Lipinski definition) is 2. The number of nitrogens with one attached hydrogen (secondary N) is 2. The second-order valence-electron chi connectivity index (χ2n) is 6.27. The minimum absolute atomic E-state index is 0.148. The Kier molecular flexibility index (Phi) is 4.52. The average molecular weight is 401 g/mol. The summed E-state index contributed by atoms with van der Waals surface area (Å²) in [6, 6.07) is 6.30. The Labute approximate surface area is 161 Å². The van der Waals surface area contributed by atoms with E-state index < -0.39 is 16.0 Å². The molecule has 0 atom stereocenters. The van der Waals surface area contributed by atoms with Gasteiger partial charge in [0, 0.05) is 16.8 Å². The monoisotopic (exact) mass is 401 g/mol. The molecule has 2 heterocycles. The van der Waals surface area contributed by atoms with Gasteiger partial charge in [0.25, 0.3) is 0 Å². The Morgan fingerprint density at radius 3 is 2.71 bits per heavy atom. The van der Waals surface area contributed by atoms with Gasteiger partial charge in [-0.05, 0) is 51.1 Å². The van der Waals surface area contributed by atoms with Crippen molar-refractivity contribution < 1.29 is 17.9 Å². The summed E-state index contributed by atoms with van der Waals surface area (Å²) in [5.41, 5.74) is 4.32. The molecule has 0 spiro atoms. The maximum absolute atomic E-state index is 12.4. The molecule has 1 aromatic carbocycles. The molecule has 2 N–H and O–H groups in total. The molecule has 0 bridgehead atoms. The van der Waals surface area contributed by atoms with Crippen molar-refractivity contribution in [1.29, 1.82) is 0 Å². The van der Waals surface area contributed by atoms with Crippen molar-refractivity contribution in [3.63, 3.8) is 0 Å². The fourth-order valence-electron chi connectivity index (χ4n) is 3.36. The molecule has 3 aromatic rings. The van der Waals surface area contributed by atoms with E-state index in [1.165, 1.54) is 19.2 Å². The van der Waals surface area contributed by atoms with Gasteiger partial charge in [0.1, 0.15) is 0 Å². The van der Waals surface area contributed by atoms with Crippen LogP contribution in [-0.2, 0) is 27.6 Å². The van der Waals surface area contributed by atoms with Crippen molar-refractivity contribution in [2.24, 2.45) is 0 Å². The molecule has 146 valence electrons. The molecule has 0 saturated carbocycles. The fraction of sp³-hybridized carbons (Fsp3) is 0.278. The summed E-state index contributed by atoms with van der Waals surface area (Å²) < 4.78 is 33.0. The number of hydrogen-bond acceptors (Lipinski definition) is 6. The number of H-pyrrole nitrogens is 1. The summed E-state index contributed by atoms with van der Waals surface area (Å²) in [7, 11) is -2.18. The number of carbonyl (C=O) groups is 1. The van der Waals surface area contributed by atoms with Crippen LogP contribution in [0.25, 0.3) is 16.9 Å². The second-order valence-corrected chi connectivity index (χ2v) is 8.16. The van der Waals surface area contributed by atoms with E-state index in [1.807, 2.05) is 0 Å². The van der Waals surface area contributed by atoms with E-state index in [0.29, 0.717) is 12.1 Å². The highest BCUT2D eigenvalue weighted by Gasteiger charge is 2.30. The highest BCUT2D eigenvalue weighted by Crippen LogP contribution is 2.36. The van der Waals surface area contributed by atoms with Crippen molar-refractivity contribution in [1.82, 2.24) is 24.7 Å². The standard InChI is InChI=1S/C18H19N5O4S/c1-3-27-18(24)16-13-8-9-15-14(10-20-21-15)17(13)23(22-16)11-4-6-12(7-5-11)28(25,26)19-2/h4-7,10,19H,3,8-9H2,1-2H3,(H,20,21). The van der Waals surface area contributed by atoms with Crippen LogP contribution < -0.4 is 4.72 Å². The quantitative estimate of drug-likeness (QED) is 0.625. The van der Waals surface area contributed by atoms with Crippen LogP contribution >= 0.6 is 0 Å². The minimum atomic E-state index is -3.54. The van der Waals surface area contributed by atoms with Gasteiger partial charge < -0.3 is 4.74 Å². The van der Waals surface area contributed by atoms with Crippen molar-refractivity contribution in [3.8, 4) is 16.9 Å². The number of nitrogens with zero attached hydrogens (tertiary/aromatic N) is 3. The number of sulfonamides is 1. The summed E-state index contributed by atoms with van der Waals surface area (Å²) in [5, 5.41) is 11.6. The third kappa shape index (κ3) is 2.90. The number of aromatic amines is 1. The van der Waals surface area contributed by atoms with E-state index in [-0.39, 0.29) is 17.2 Å². The van der Waals surface area contributed by atoms with E-state index in [1.54, 1.807) is 29.9 Å². The molecule has 0 radical (unpaired) electrons. The van der Waals surface area contributed by atoms with Gasteiger partial charge in [0.15, 0.2) is 5.69 Å². The third-order valence-electron chi connectivity index (χ3n) is 4.71. The number of aromatic nitrogens is 4. The van der Waals surface area contributed by atoms with Crippen LogP contribution in [0.5, 0.6) is 0 Å². The molecule has 1 aliphatic carbocycles. The smallest absolute Gasteiger partial charge is 0.359 e. The summed E-state index contributed by atoms with van der Waals surface area (Å²) in [6.07, 6.45) is 3.06. The predicted octanol–water partition coefficient (Wildman–Crippen LogP) is 1.45. The van der Waals surface area contributed by atoms with Crippen LogP contribution in [0, 0.1) is 0 Å². The molecule has 9 nitrogen and oxygen atoms in total. The maximum atomic E-state index is 12.4. The Hall–Kier alpha value is -2.98. The molecule has 2 aromatic heterocycles. The number of carbonyl (C=O) groups excluding carboxylic acids is 1. The minimum Gasteiger partial charge on any atom is -0.461 e. The first-order valence-corrected chi connectivity index (χ1v) is 10.3. The van der Waals surface area contributed by atoms with Crippen LogP contribution in [-0.4, -0.2) is 48.0 Å². The van der Waals surface area contributed by atoms with Crippen LogP contribution in [0.4, 0.5) is 0 Å². The lowest BCUT2D eigenvalue weighted by Gasteiger charge is -2.14. The van der Waals surface area contributed by atoms with Crippen molar-refractivity contribution in [3.05, 3.63) is 47.4 Å². The normalized spacial score (nSPS) is 13.1. The van der Waals surface area contributed by atoms with Gasteiger partial charge in [-0.15, -0.1) is 0 Å². The van der Waals surface area contributed by atoms with Crippen LogP contribution in [0.15, 0.2) is 35.4 Å². The molecule has 1 aliphatic rings. The lowest BCUT2D eigenvalue weighted by molar-refractivity contribution is 0.0517. The Balaban J connectivity index is 1.87. The van der Waals surface area contributed by atoms with Gasteiger partial charge in [0.2, 0.25) is 10.0 Å². The van der Waals surface area contributed by atoms with E-state index in [2.05, 4.69) is 20.0 Å². The average Bonchev–Trinajstić information content (AvgIpc) is 3.32. The van der Waals surface area contributed by atoms with E-state index in [4.69, 9.17) is 4.74 Å². The number of aryl methyl sites for hydroxylation is 1. The van der Waals surface area contributed by atoms with E-state index in [9.17, 15) is 13.2 Å². The molecule has 0 fully saturated rings. The van der Waals surface area contributed by atoms with Crippen LogP contribution in [0.1, 0.15) is 28.7 Å². The maximum Gasteiger partial charge on any atom is 0.359 e. The van der Waals surface area contributed by atoms with Crippen molar-refractivity contribution in [2.45, 2.75) is 24.7 Å². The van der Waals surface area contributed by atoms with Crippen LogP contribution in [0.3, 0.4) is 0 Å². The van der Waals surface area contributed by atoms with Gasteiger partial charge in [-0.3, -0.25) is 5.10 Å². The molecule has 28 heavy (non-hydrogen) atoms. The number of ether oxygens (including phenoxy) is 1. The molecule has 0 aliphatic heterocycles. The highest BCUT2D eigenvalue weighted by molar-refractivity contribution is 7.89. The van der Waals surface area contributed by atoms with Gasteiger partial charge in [-0.1, -0.05) is 0 Å². The second kappa shape index (κ2) is 6.88. The predicted molar refractivity (Wildman–Crippen MR) is 101 cm³/mol. The number of fused-ring (bicyclic) bond motifs is 3. The number of rotatable bonds is 5. The van der Waals surface area contributed by atoms with Gasteiger partial charge in [0.05, 0.1) is 29.1 Å². The zero-order valence-electron chi connectivity index (χ0n) is 15.4. The third-order valence-corrected chi connectivity index (χ3v) is 6.14. The number of esters is 1. The molecular weight excluding hydrogens is 382 g/mol. The van der Waals surface area contributed by atoms with E-state index in [0.717, 1.165) is 28.9 Å². The lowest BCUT2D eigenvalue weighted by atomic mass is 9.94. The first-order chi connectivity index (χ1) is 13.5. The Morgan fingerprint density at radius 1 is 1.29 bits per heavy atom.